The molecule has 0 aliphatic heterocycles. The number of aromatic nitrogens is 1. The predicted molar refractivity (Wildman–Crippen MR) is 95.7 cm³/mol. The molecular formula is C18H14ClN2O2S-. The monoisotopic (exact) mass is 357 g/mol. The SMILES string of the molecule is Cc1ccc(-c2nc(Nc3ccccc3Cl)sc2CC(=O)[O-])cc1. The van der Waals surface area contributed by atoms with E-state index in [1.165, 1.54) is 11.3 Å². The lowest BCUT2D eigenvalue weighted by Gasteiger charge is -2.04. The summed E-state index contributed by atoms with van der Waals surface area (Å²) in [6.45, 7) is 2.00. The summed E-state index contributed by atoms with van der Waals surface area (Å²) in [7, 11) is 0. The van der Waals surface area contributed by atoms with E-state index < -0.39 is 5.97 Å². The number of carboxylic acids is 1. The molecule has 3 rings (SSSR count). The van der Waals surface area contributed by atoms with E-state index in [1.807, 2.05) is 49.4 Å². The minimum absolute atomic E-state index is 0.176. The van der Waals surface area contributed by atoms with Crippen LogP contribution in [0.25, 0.3) is 11.3 Å². The number of anilines is 2. The van der Waals surface area contributed by atoms with E-state index in [2.05, 4.69) is 10.3 Å². The van der Waals surface area contributed by atoms with Crippen molar-refractivity contribution < 1.29 is 9.90 Å². The molecule has 0 fully saturated rings. The summed E-state index contributed by atoms with van der Waals surface area (Å²) < 4.78 is 0. The molecule has 0 atom stereocenters. The van der Waals surface area contributed by atoms with Gasteiger partial charge in [-0.05, 0) is 19.1 Å². The van der Waals surface area contributed by atoms with Crippen molar-refractivity contribution in [3.05, 3.63) is 64.0 Å². The molecule has 0 unspecified atom stereocenters. The van der Waals surface area contributed by atoms with Gasteiger partial charge in [0.2, 0.25) is 0 Å². The van der Waals surface area contributed by atoms with Crippen molar-refractivity contribution in [1.29, 1.82) is 0 Å². The Kier molecular flexibility index (Phi) is 4.83. The number of para-hydroxylation sites is 1. The average molecular weight is 358 g/mol. The first kappa shape index (κ1) is 16.5. The first-order chi connectivity index (χ1) is 11.5. The molecular weight excluding hydrogens is 344 g/mol. The van der Waals surface area contributed by atoms with Crippen LogP contribution in [-0.2, 0) is 11.2 Å². The Labute approximate surface area is 148 Å². The molecule has 0 radical (unpaired) electrons. The number of benzene rings is 2. The zero-order chi connectivity index (χ0) is 17.1. The molecule has 1 heterocycles. The molecule has 0 amide bonds. The van der Waals surface area contributed by atoms with Gasteiger partial charge >= 0.3 is 0 Å². The maximum absolute atomic E-state index is 11.1. The fourth-order valence-electron chi connectivity index (χ4n) is 2.27. The molecule has 0 spiro atoms. The predicted octanol–water partition coefficient (Wildman–Crippen LogP) is 3.81. The molecule has 4 nitrogen and oxygen atoms in total. The van der Waals surface area contributed by atoms with Crippen molar-refractivity contribution in [2.24, 2.45) is 0 Å². The summed E-state index contributed by atoms with van der Waals surface area (Å²) in [5.74, 6) is -1.13. The topological polar surface area (TPSA) is 65.0 Å². The van der Waals surface area contributed by atoms with Crippen LogP contribution in [0.2, 0.25) is 5.02 Å². The van der Waals surface area contributed by atoms with Crippen molar-refractivity contribution in [3.63, 3.8) is 0 Å². The van der Waals surface area contributed by atoms with E-state index in [0.29, 0.717) is 20.7 Å². The fraction of sp³-hybridized carbons (Fsp3) is 0.111. The van der Waals surface area contributed by atoms with Crippen LogP contribution < -0.4 is 10.4 Å². The third kappa shape index (κ3) is 3.75. The number of aryl methyl sites for hydroxylation is 1. The number of nitrogens with one attached hydrogen (secondary N) is 1. The van der Waals surface area contributed by atoms with Crippen LogP contribution in [0.5, 0.6) is 0 Å². The van der Waals surface area contributed by atoms with Crippen LogP contribution in [0.1, 0.15) is 10.4 Å². The van der Waals surface area contributed by atoms with Crippen molar-refractivity contribution in [3.8, 4) is 11.3 Å². The van der Waals surface area contributed by atoms with Crippen LogP contribution in [0.3, 0.4) is 0 Å². The second-order valence-electron chi connectivity index (χ2n) is 5.31. The zero-order valence-corrected chi connectivity index (χ0v) is 14.4. The average Bonchev–Trinajstić information content (AvgIpc) is 2.92. The lowest BCUT2D eigenvalue weighted by molar-refractivity contribution is -0.304. The van der Waals surface area contributed by atoms with Gasteiger partial charge < -0.3 is 15.2 Å². The van der Waals surface area contributed by atoms with E-state index in [4.69, 9.17) is 11.6 Å². The summed E-state index contributed by atoms with van der Waals surface area (Å²) in [6.07, 6.45) is -0.176. The maximum Gasteiger partial charge on any atom is 0.188 e. The van der Waals surface area contributed by atoms with Gasteiger partial charge in [0.15, 0.2) is 5.13 Å². The highest BCUT2D eigenvalue weighted by atomic mass is 35.5. The fourth-order valence-corrected chi connectivity index (χ4v) is 3.44. The third-order valence-electron chi connectivity index (χ3n) is 3.44. The molecule has 3 aromatic rings. The maximum atomic E-state index is 11.1. The van der Waals surface area contributed by atoms with E-state index in [-0.39, 0.29) is 6.42 Å². The Balaban J connectivity index is 1.98. The number of rotatable bonds is 5. The first-order valence-corrected chi connectivity index (χ1v) is 8.50. The normalized spacial score (nSPS) is 10.6. The van der Waals surface area contributed by atoms with Crippen molar-refractivity contribution >= 4 is 39.7 Å². The third-order valence-corrected chi connectivity index (χ3v) is 4.74. The molecule has 0 aliphatic carbocycles. The second kappa shape index (κ2) is 7.03. The number of carboxylic acid groups (broad SMARTS) is 1. The van der Waals surface area contributed by atoms with Crippen LogP contribution in [0, 0.1) is 6.92 Å². The Morgan fingerprint density at radius 3 is 2.58 bits per heavy atom. The van der Waals surface area contributed by atoms with Crippen molar-refractivity contribution in [1.82, 2.24) is 4.98 Å². The lowest BCUT2D eigenvalue weighted by atomic mass is 10.1. The number of hydrogen-bond acceptors (Lipinski definition) is 5. The highest BCUT2D eigenvalue weighted by Crippen LogP contribution is 2.34. The molecule has 0 aliphatic rings. The summed E-state index contributed by atoms with van der Waals surface area (Å²) in [6, 6.07) is 15.1. The van der Waals surface area contributed by atoms with Crippen molar-refractivity contribution in [2.75, 3.05) is 5.32 Å². The highest BCUT2D eigenvalue weighted by molar-refractivity contribution is 7.16. The smallest absolute Gasteiger partial charge is 0.188 e. The Bertz CT molecular complexity index is 875. The van der Waals surface area contributed by atoms with Crippen LogP contribution in [0.4, 0.5) is 10.8 Å². The van der Waals surface area contributed by atoms with E-state index >= 15 is 0 Å². The standard InChI is InChI=1S/C18H15ClN2O2S/c1-11-6-8-12(9-7-11)17-15(10-16(22)23)24-18(21-17)20-14-5-3-2-4-13(14)19/h2-9H,10H2,1H3,(H,20,21)(H,22,23)/p-1. The molecule has 0 saturated carbocycles. The highest BCUT2D eigenvalue weighted by Gasteiger charge is 2.14. The molecule has 1 aromatic heterocycles. The molecule has 2 aromatic carbocycles. The zero-order valence-electron chi connectivity index (χ0n) is 12.9. The largest absolute Gasteiger partial charge is 0.550 e. The second-order valence-corrected chi connectivity index (χ2v) is 6.80. The summed E-state index contributed by atoms with van der Waals surface area (Å²) in [5.41, 5.74) is 3.38. The van der Waals surface area contributed by atoms with E-state index in [1.54, 1.807) is 6.07 Å². The number of halogens is 1. The Morgan fingerprint density at radius 1 is 1.21 bits per heavy atom. The Morgan fingerprint density at radius 2 is 1.92 bits per heavy atom. The van der Waals surface area contributed by atoms with E-state index in [0.717, 1.165) is 16.8 Å². The molecule has 6 heteroatoms. The number of hydrogen-bond donors (Lipinski definition) is 1. The number of aliphatic carboxylic acids is 1. The number of thiazole rings is 1. The van der Waals surface area contributed by atoms with Crippen molar-refractivity contribution in [2.45, 2.75) is 13.3 Å². The number of nitrogens with zero attached hydrogens (tertiary/aromatic N) is 1. The van der Waals surface area contributed by atoms with Gasteiger partial charge in [-0.25, -0.2) is 4.98 Å². The van der Waals surface area contributed by atoms with Crippen LogP contribution in [-0.4, -0.2) is 11.0 Å². The number of carbonyl (C=O) groups is 1. The molecule has 0 saturated heterocycles. The van der Waals surface area contributed by atoms with Gasteiger partial charge in [0.25, 0.3) is 0 Å². The summed E-state index contributed by atoms with van der Waals surface area (Å²) in [5, 5.41) is 15.4. The molecule has 122 valence electrons. The first-order valence-electron chi connectivity index (χ1n) is 7.31. The van der Waals surface area contributed by atoms with Gasteiger partial charge in [0.1, 0.15) is 0 Å². The summed E-state index contributed by atoms with van der Waals surface area (Å²) >= 11 is 7.44. The van der Waals surface area contributed by atoms with Gasteiger partial charge in [0, 0.05) is 22.8 Å². The van der Waals surface area contributed by atoms with Gasteiger partial charge in [-0.3, -0.25) is 0 Å². The van der Waals surface area contributed by atoms with Crippen LogP contribution in [0.15, 0.2) is 48.5 Å². The van der Waals surface area contributed by atoms with Gasteiger partial charge in [0.05, 0.1) is 16.4 Å². The van der Waals surface area contributed by atoms with E-state index in [9.17, 15) is 9.90 Å². The minimum Gasteiger partial charge on any atom is -0.550 e. The molecule has 0 bridgehead atoms. The lowest BCUT2D eigenvalue weighted by Crippen LogP contribution is -2.24. The minimum atomic E-state index is -1.13. The van der Waals surface area contributed by atoms with Gasteiger partial charge in [-0.15, -0.1) is 11.3 Å². The Hall–Kier alpha value is -2.37. The van der Waals surface area contributed by atoms with Crippen LogP contribution >= 0.6 is 22.9 Å². The quantitative estimate of drug-likeness (QED) is 0.754. The van der Waals surface area contributed by atoms with Gasteiger partial charge in [-0.2, -0.15) is 0 Å². The molecule has 24 heavy (non-hydrogen) atoms. The molecule has 1 N–H and O–H groups in total. The number of carbonyl (C=O) groups excluding carboxylic acids is 1. The van der Waals surface area contributed by atoms with Gasteiger partial charge in [-0.1, -0.05) is 53.6 Å². The summed E-state index contributed by atoms with van der Waals surface area (Å²) in [4.78, 5) is 16.3.